The highest BCUT2D eigenvalue weighted by Gasteiger charge is 2.36. The summed E-state index contributed by atoms with van der Waals surface area (Å²) >= 11 is 0. The second kappa shape index (κ2) is 4.93. The van der Waals surface area contributed by atoms with Gasteiger partial charge >= 0.3 is 6.03 Å². The van der Waals surface area contributed by atoms with E-state index in [0.29, 0.717) is 5.69 Å². The van der Waals surface area contributed by atoms with E-state index < -0.39 is 17.8 Å². The van der Waals surface area contributed by atoms with E-state index in [9.17, 15) is 14.4 Å². The second-order valence-corrected chi connectivity index (χ2v) is 4.24. The minimum atomic E-state index is -0.739. The van der Waals surface area contributed by atoms with E-state index >= 15 is 0 Å². The molecule has 0 atom stereocenters. The fourth-order valence-corrected chi connectivity index (χ4v) is 1.71. The van der Waals surface area contributed by atoms with Crippen LogP contribution in [0.5, 0.6) is 0 Å². The average Bonchev–Trinajstić information content (AvgIpc) is 2.35. The van der Waals surface area contributed by atoms with E-state index in [-0.39, 0.29) is 5.57 Å². The molecule has 4 amide bonds. The third kappa shape index (κ3) is 2.47. The Bertz CT molecular complexity index is 564. The predicted molar refractivity (Wildman–Crippen MR) is 69.2 cm³/mol. The van der Waals surface area contributed by atoms with Crippen molar-refractivity contribution in [3.63, 3.8) is 0 Å². The van der Waals surface area contributed by atoms with Crippen LogP contribution in [-0.4, -0.2) is 36.8 Å². The van der Waals surface area contributed by atoms with Crippen LogP contribution < -0.4 is 10.2 Å². The molecule has 0 spiro atoms. The van der Waals surface area contributed by atoms with Crippen LogP contribution in [0.25, 0.3) is 0 Å². The van der Waals surface area contributed by atoms with Crippen molar-refractivity contribution in [1.29, 1.82) is 0 Å². The van der Waals surface area contributed by atoms with Crippen LogP contribution in [0.2, 0.25) is 0 Å². The van der Waals surface area contributed by atoms with Crippen molar-refractivity contribution in [3.05, 3.63) is 42.1 Å². The highest BCUT2D eigenvalue weighted by atomic mass is 16.2. The van der Waals surface area contributed by atoms with Crippen molar-refractivity contribution in [1.82, 2.24) is 10.2 Å². The van der Waals surface area contributed by atoms with Crippen LogP contribution in [0.15, 0.2) is 42.1 Å². The molecule has 1 aromatic rings. The first kappa shape index (κ1) is 12.8. The maximum absolute atomic E-state index is 12.2. The van der Waals surface area contributed by atoms with Gasteiger partial charge in [-0.3, -0.25) is 14.9 Å². The Kier molecular flexibility index (Phi) is 3.33. The molecule has 0 radical (unpaired) electrons. The van der Waals surface area contributed by atoms with Crippen molar-refractivity contribution < 1.29 is 14.4 Å². The summed E-state index contributed by atoms with van der Waals surface area (Å²) in [5, 5.41) is 2.15. The van der Waals surface area contributed by atoms with Gasteiger partial charge in [0.05, 0.1) is 5.69 Å². The summed E-state index contributed by atoms with van der Waals surface area (Å²) in [7, 11) is 3.38. The largest absolute Gasteiger partial charge is 0.383 e. The molecule has 1 aliphatic rings. The highest BCUT2D eigenvalue weighted by molar-refractivity contribution is 6.37. The Morgan fingerprint density at radius 2 is 1.74 bits per heavy atom. The molecule has 2 rings (SSSR count). The molecule has 0 saturated carbocycles. The zero-order valence-electron chi connectivity index (χ0n) is 10.6. The monoisotopic (exact) mass is 259 g/mol. The molecule has 1 fully saturated rings. The number of urea groups is 1. The summed E-state index contributed by atoms with van der Waals surface area (Å²) in [5.41, 5.74) is 0.343. The molecule has 98 valence electrons. The molecule has 1 N–H and O–H groups in total. The maximum atomic E-state index is 12.2. The molecule has 1 aromatic carbocycles. The molecule has 0 aliphatic carbocycles. The van der Waals surface area contributed by atoms with Crippen LogP contribution in [0.4, 0.5) is 10.5 Å². The lowest BCUT2D eigenvalue weighted by Gasteiger charge is -2.26. The number of nitrogens with one attached hydrogen (secondary N) is 1. The lowest BCUT2D eigenvalue weighted by molar-refractivity contribution is -0.122. The second-order valence-electron chi connectivity index (χ2n) is 4.24. The van der Waals surface area contributed by atoms with E-state index in [1.807, 2.05) is 0 Å². The first-order chi connectivity index (χ1) is 9.00. The van der Waals surface area contributed by atoms with Gasteiger partial charge in [0.15, 0.2) is 0 Å². The lowest BCUT2D eigenvalue weighted by atomic mass is 10.1. The predicted octanol–water partition coefficient (Wildman–Crippen LogP) is 0.715. The number of anilines is 1. The minimum Gasteiger partial charge on any atom is -0.383 e. The zero-order chi connectivity index (χ0) is 14.0. The van der Waals surface area contributed by atoms with E-state index in [4.69, 9.17) is 0 Å². The summed E-state index contributed by atoms with van der Waals surface area (Å²) in [6, 6.07) is 7.71. The van der Waals surface area contributed by atoms with Gasteiger partial charge in [-0.1, -0.05) is 18.2 Å². The van der Waals surface area contributed by atoms with E-state index in [0.717, 1.165) is 4.90 Å². The molecule has 19 heavy (non-hydrogen) atoms. The Hall–Kier alpha value is -2.63. The number of hydrogen-bond donors (Lipinski definition) is 1. The number of barbiturate groups is 1. The SMILES string of the molecule is CN(C)C=C1C(=O)NC(=O)N(c2ccccc2)C1=O. The quantitative estimate of drug-likeness (QED) is 0.627. The molecule has 1 saturated heterocycles. The standard InChI is InChI=1S/C13H13N3O3/c1-15(2)8-10-11(17)14-13(19)16(12(10)18)9-6-4-3-5-7-9/h3-8H,1-2H3,(H,14,17,19). The number of carbonyl (C=O) groups is 3. The number of rotatable bonds is 2. The number of benzene rings is 1. The van der Waals surface area contributed by atoms with Crippen LogP contribution >= 0.6 is 0 Å². The van der Waals surface area contributed by atoms with Crippen molar-refractivity contribution >= 4 is 23.5 Å². The van der Waals surface area contributed by atoms with Gasteiger partial charge in [0, 0.05) is 20.3 Å². The molecule has 6 nitrogen and oxygen atoms in total. The molecule has 1 heterocycles. The summed E-state index contributed by atoms with van der Waals surface area (Å²) in [5.74, 6) is -1.32. The number of amides is 4. The number of carbonyl (C=O) groups excluding carboxylic acids is 3. The molecule has 1 aliphatic heterocycles. The number of hydrogen-bond acceptors (Lipinski definition) is 4. The third-order valence-electron chi connectivity index (χ3n) is 2.50. The lowest BCUT2D eigenvalue weighted by Crippen LogP contribution is -2.54. The smallest absolute Gasteiger partial charge is 0.335 e. The normalized spacial score (nSPS) is 17.7. The molecular formula is C13H13N3O3. The van der Waals surface area contributed by atoms with Gasteiger partial charge in [-0.15, -0.1) is 0 Å². The third-order valence-corrected chi connectivity index (χ3v) is 2.50. The Balaban J connectivity index is 2.42. The Morgan fingerprint density at radius 1 is 1.11 bits per heavy atom. The number of imide groups is 2. The first-order valence-electron chi connectivity index (χ1n) is 5.64. The van der Waals surface area contributed by atoms with Crippen LogP contribution in [0.3, 0.4) is 0 Å². The molecule has 0 bridgehead atoms. The summed E-state index contributed by atoms with van der Waals surface area (Å²) in [4.78, 5) is 38.2. The zero-order valence-corrected chi connectivity index (χ0v) is 10.6. The van der Waals surface area contributed by atoms with Crippen LogP contribution in [0.1, 0.15) is 0 Å². The summed E-state index contributed by atoms with van der Waals surface area (Å²) < 4.78 is 0. The van der Waals surface area contributed by atoms with Gasteiger partial charge in [0.1, 0.15) is 5.57 Å². The van der Waals surface area contributed by atoms with Gasteiger partial charge < -0.3 is 4.90 Å². The van der Waals surface area contributed by atoms with E-state index in [1.54, 1.807) is 49.3 Å². The maximum Gasteiger partial charge on any atom is 0.335 e. The Morgan fingerprint density at radius 3 is 2.32 bits per heavy atom. The molecular weight excluding hydrogens is 246 g/mol. The van der Waals surface area contributed by atoms with E-state index in [1.165, 1.54) is 6.20 Å². The summed E-state index contributed by atoms with van der Waals surface area (Å²) in [6.45, 7) is 0. The van der Waals surface area contributed by atoms with Gasteiger partial charge in [-0.2, -0.15) is 0 Å². The highest BCUT2D eigenvalue weighted by Crippen LogP contribution is 2.19. The van der Waals surface area contributed by atoms with Crippen molar-refractivity contribution in [3.8, 4) is 0 Å². The van der Waals surface area contributed by atoms with Gasteiger partial charge in [-0.05, 0) is 12.1 Å². The number of nitrogens with zero attached hydrogens (tertiary/aromatic N) is 2. The fraction of sp³-hybridized carbons (Fsp3) is 0.154. The minimum absolute atomic E-state index is 0.0755. The number of para-hydroxylation sites is 1. The molecule has 6 heteroatoms. The Labute approximate surface area is 110 Å². The fourth-order valence-electron chi connectivity index (χ4n) is 1.71. The summed E-state index contributed by atoms with van der Waals surface area (Å²) in [6.07, 6.45) is 1.39. The topological polar surface area (TPSA) is 69.7 Å². The molecule has 0 unspecified atom stereocenters. The van der Waals surface area contributed by atoms with Crippen LogP contribution in [-0.2, 0) is 9.59 Å². The molecule has 0 aromatic heterocycles. The average molecular weight is 259 g/mol. The van der Waals surface area contributed by atoms with Gasteiger partial charge in [0.25, 0.3) is 11.8 Å². The van der Waals surface area contributed by atoms with Crippen molar-refractivity contribution in [2.24, 2.45) is 0 Å². The van der Waals surface area contributed by atoms with Crippen LogP contribution in [0, 0.1) is 0 Å². The van der Waals surface area contributed by atoms with Gasteiger partial charge in [-0.25, -0.2) is 9.69 Å². The first-order valence-corrected chi connectivity index (χ1v) is 5.64. The van der Waals surface area contributed by atoms with Gasteiger partial charge in [0.2, 0.25) is 0 Å². The van der Waals surface area contributed by atoms with Crippen molar-refractivity contribution in [2.75, 3.05) is 19.0 Å². The van der Waals surface area contributed by atoms with E-state index in [2.05, 4.69) is 5.32 Å². The van der Waals surface area contributed by atoms with Crippen molar-refractivity contribution in [2.45, 2.75) is 0 Å².